The van der Waals surface area contributed by atoms with E-state index in [4.69, 9.17) is 0 Å². The Balaban J connectivity index is 1.63. The van der Waals surface area contributed by atoms with Gasteiger partial charge in [-0.2, -0.15) is 0 Å². The molecule has 1 amide bonds. The van der Waals surface area contributed by atoms with Gasteiger partial charge in [-0.15, -0.1) is 0 Å². The van der Waals surface area contributed by atoms with Crippen molar-refractivity contribution in [2.75, 3.05) is 6.54 Å². The Hall–Kier alpha value is -2.36. The number of aryl methyl sites for hydroxylation is 1. The Kier molecular flexibility index (Phi) is 5.76. The lowest BCUT2D eigenvalue weighted by molar-refractivity contribution is -0.121. The maximum absolute atomic E-state index is 11.7. The first kappa shape index (κ1) is 15.0. The largest absolute Gasteiger partial charge is 0.356 e. The van der Waals surface area contributed by atoms with Crippen LogP contribution in [0.15, 0.2) is 48.7 Å². The van der Waals surface area contributed by atoms with Crippen LogP contribution in [-0.4, -0.2) is 23.3 Å². The zero-order chi connectivity index (χ0) is 14.9. The summed E-state index contributed by atoms with van der Waals surface area (Å²) in [5.41, 5.74) is 1.88. The van der Waals surface area contributed by atoms with Crippen molar-refractivity contribution >= 4 is 12.2 Å². The van der Waals surface area contributed by atoms with Gasteiger partial charge in [0.2, 0.25) is 5.91 Å². The molecule has 0 saturated carbocycles. The molecule has 0 unspecified atom stereocenters. The summed E-state index contributed by atoms with van der Waals surface area (Å²) in [7, 11) is 0. The molecule has 1 aromatic carbocycles. The smallest absolute Gasteiger partial charge is 0.220 e. The number of nitrogens with zero attached hydrogens (tertiary/aromatic N) is 1. The summed E-state index contributed by atoms with van der Waals surface area (Å²) in [6.07, 6.45) is 4.74. The molecule has 1 aromatic heterocycles. The Morgan fingerprint density at radius 3 is 2.71 bits per heavy atom. The van der Waals surface area contributed by atoms with Gasteiger partial charge in [0.25, 0.3) is 0 Å². The van der Waals surface area contributed by atoms with Gasteiger partial charge in [-0.25, -0.2) is 0 Å². The molecule has 0 aliphatic rings. The summed E-state index contributed by atoms with van der Waals surface area (Å²) in [5.74, 6) is 0.0609. The second kappa shape index (κ2) is 8.04. The van der Waals surface area contributed by atoms with Crippen molar-refractivity contribution in [2.45, 2.75) is 25.8 Å². The lowest BCUT2D eigenvalue weighted by Crippen LogP contribution is -2.25. The van der Waals surface area contributed by atoms with E-state index in [-0.39, 0.29) is 5.91 Å². The molecule has 0 radical (unpaired) electrons. The van der Waals surface area contributed by atoms with E-state index in [9.17, 15) is 9.59 Å². The number of aromatic nitrogens is 1. The van der Waals surface area contributed by atoms with Crippen LogP contribution >= 0.6 is 0 Å². The summed E-state index contributed by atoms with van der Waals surface area (Å²) >= 11 is 0. The third-order valence-corrected chi connectivity index (χ3v) is 3.37. The molecular weight excluding hydrogens is 264 g/mol. The monoisotopic (exact) mass is 284 g/mol. The molecule has 1 heterocycles. The van der Waals surface area contributed by atoms with Gasteiger partial charge in [0.1, 0.15) is 0 Å². The van der Waals surface area contributed by atoms with E-state index in [0.29, 0.717) is 25.2 Å². The predicted molar refractivity (Wildman–Crippen MR) is 82.2 cm³/mol. The van der Waals surface area contributed by atoms with Gasteiger partial charge in [0.05, 0.1) is 5.69 Å². The van der Waals surface area contributed by atoms with E-state index in [0.717, 1.165) is 19.1 Å². The zero-order valence-electron chi connectivity index (χ0n) is 12.0. The maximum Gasteiger partial charge on any atom is 0.220 e. The van der Waals surface area contributed by atoms with Gasteiger partial charge < -0.3 is 9.88 Å². The van der Waals surface area contributed by atoms with E-state index < -0.39 is 0 Å². The Morgan fingerprint density at radius 2 is 1.95 bits per heavy atom. The van der Waals surface area contributed by atoms with Crippen LogP contribution in [0.25, 0.3) is 0 Å². The Bertz CT molecular complexity index is 575. The SMILES string of the molecule is O=Cc1cccn1CCCC(=O)NCCc1ccccc1. The molecular formula is C17H20N2O2. The molecule has 0 bridgehead atoms. The molecule has 110 valence electrons. The van der Waals surface area contributed by atoms with Crippen LogP contribution in [0.5, 0.6) is 0 Å². The summed E-state index contributed by atoms with van der Waals surface area (Å²) in [4.78, 5) is 22.5. The van der Waals surface area contributed by atoms with Crippen molar-refractivity contribution in [1.29, 1.82) is 0 Å². The van der Waals surface area contributed by atoms with Gasteiger partial charge in [-0.3, -0.25) is 9.59 Å². The number of aldehydes is 1. The molecule has 1 N–H and O–H groups in total. The minimum absolute atomic E-state index is 0.0609. The number of carbonyl (C=O) groups is 2. The highest BCUT2D eigenvalue weighted by Gasteiger charge is 2.03. The molecule has 21 heavy (non-hydrogen) atoms. The molecule has 0 fully saturated rings. The van der Waals surface area contributed by atoms with E-state index in [1.807, 2.05) is 35.0 Å². The van der Waals surface area contributed by atoms with Crippen molar-refractivity contribution < 1.29 is 9.59 Å². The molecule has 2 rings (SSSR count). The molecule has 0 aliphatic carbocycles. The topological polar surface area (TPSA) is 51.1 Å². The third kappa shape index (κ3) is 4.91. The first-order chi connectivity index (χ1) is 10.3. The minimum atomic E-state index is 0.0609. The number of hydrogen-bond acceptors (Lipinski definition) is 2. The number of rotatable bonds is 8. The summed E-state index contributed by atoms with van der Waals surface area (Å²) in [5, 5.41) is 2.92. The van der Waals surface area contributed by atoms with Crippen LogP contribution in [0.4, 0.5) is 0 Å². The number of nitrogens with one attached hydrogen (secondary N) is 1. The first-order valence-electron chi connectivity index (χ1n) is 7.20. The summed E-state index contributed by atoms with van der Waals surface area (Å²) < 4.78 is 1.87. The van der Waals surface area contributed by atoms with E-state index >= 15 is 0 Å². The predicted octanol–water partition coefficient (Wildman–Crippen LogP) is 2.44. The van der Waals surface area contributed by atoms with Gasteiger partial charge in [-0.1, -0.05) is 30.3 Å². The number of carbonyl (C=O) groups excluding carboxylic acids is 2. The average Bonchev–Trinajstić information content (AvgIpc) is 2.96. The van der Waals surface area contributed by atoms with Gasteiger partial charge in [0.15, 0.2) is 6.29 Å². The van der Waals surface area contributed by atoms with Crippen molar-refractivity contribution in [3.63, 3.8) is 0 Å². The van der Waals surface area contributed by atoms with Crippen LogP contribution in [0.1, 0.15) is 28.9 Å². The molecule has 0 aliphatic heterocycles. The molecule has 0 atom stereocenters. The van der Waals surface area contributed by atoms with Crippen molar-refractivity contribution in [1.82, 2.24) is 9.88 Å². The molecule has 4 nitrogen and oxygen atoms in total. The molecule has 0 spiro atoms. The number of hydrogen-bond donors (Lipinski definition) is 1. The highest BCUT2D eigenvalue weighted by Crippen LogP contribution is 2.03. The summed E-state index contributed by atoms with van der Waals surface area (Å²) in [6.45, 7) is 1.35. The van der Waals surface area contributed by atoms with E-state index in [2.05, 4.69) is 17.4 Å². The lowest BCUT2D eigenvalue weighted by atomic mass is 10.1. The third-order valence-electron chi connectivity index (χ3n) is 3.37. The lowest BCUT2D eigenvalue weighted by Gasteiger charge is -2.07. The molecule has 4 heteroatoms. The van der Waals surface area contributed by atoms with Crippen LogP contribution in [0, 0.1) is 0 Å². The Labute approximate surface area is 124 Å². The Morgan fingerprint density at radius 1 is 1.14 bits per heavy atom. The number of amides is 1. The van der Waals surface area contributed by atoms with Gasteiger partial charge >= 0.3 is 0 Å². The molecule has 0 saturated heterocycles. The second-order valence-corrected chi connectivity index (χ2v) is 4.93. The van der Waals surface area contributed by atoms with Crippen LogP contribution in [-0.2, 0) is 17.8 Å². The average molecular weight is 284 g/mol. The quantitative estimate of drug-likeness (QED) is 0.757. The first-order valence-corrected chi connectivity index (χ1v) is 7.20. The highest BCUT2D eigenvalue weighted by molar-refractivity contribution is 5.75. The normalized spacial score (nSPS) is 10.3. The standard InChI is InChI=1S/C17H20N2O2/c20-14-16-8-4-12-19(16)13-5-9-17(21)18-11-10-15-6-2-1-3-7-15/h1-4,6-8,12,14H,5,9-11,13H2,(H,18,21). The van der Waals surface area contributed by atoms with Crippen molar-refractivity contribution in [2.24, 2.45) is 0 Å². The fraction of sp³-hybridized carbons (Fsp3) is 0.294. The van der Waals surface area contributed by atoms with Crippen LogP contribution < -0.4 is 5.32 Å². The number of benzene rings is 1. The van der Waals surface area contributed by atoms with Crippen LogP contribution in [0.3, 0.4) is 0 Å². The zero-order valence-corrected chi connectivity index (χ0v) is 12.0. The summed E-state index contributed by atoms with van der Waals surface area (Å²) in [6, 6.07) is 13.7. The van der Waals surface area contributed by atoms with Crippen LogP contribution in [0.2, 0.25) is 0 Å². The van der Waals surface area contributed by atoms with E-state index in [1.165, 1.54) is 5.56 Å². The minimum Gasteiger partial charge on any atom is -0.356 e. The molecule has 2 aromatic rings. The fourth-order valence-corrected chi connectivity index (χ4v) is 2.23. The maximum atomic E-state index is 11.7. The van der Waals surface area contributed by atoms with Crippen molar-refractivity contribution in [3.05, 3.63) is 59.9 Å². The highest BCUT2D eigenvalue weighted by atomic mass is 16.1. The van der Waals surface area contributed by atoms with Gasteiger partial charge in [0, 0.05) is 25.7 Å². The van der Waals surface area contributed by atoms with Crippen molar-refractivity contribution in [3.8, 4) is 0 Å². The second-order valence-electron chi connectivity index (χ2n) is 4.93. The van der Waals surface area contributed by atoms with Gasteiger partial charge in [-0.05, 0) is 30.5 Å². The van der Waals surface area contributed by atoms with E-state index in [1.54, 1.807) is 6.07 Å². The fourth-order valence-electron chi connectivity index (χ4n) is 2.23.